The standard InChI is InChI=1S/C16H17NO4/c18-15(19)13-11-6-7-12(8-11)14(13)17-16(20)21-9-10-4-2-1-3-5-10/h1-7,11-14H,8-9H2,(H,17,20)(H,18,19)/t11-,12-,13-,14-/m0/s1. The van der Waals surface area contributed by atoms with Crippen molar-refractivity contribution in [3.8, 4) is 0 Å². The number of fused-ring (bicyclic) bond motifs is 2. The van der Waals surface area contributed by atoms with Crippen molar-refractivity contribution >= 4 is 12.1 Å². The zero-order chi connectivity index (χ0) is 14.8. The van der Waals surface area contributed by atoms with Crippen LogP contribution in [0.4, 0.5) is 4.79 Å². The van der Waals surface area contributed by atoms with Crippen molar-refractivity contribution in [3.63, 3.8) is 0 Å². The lowest BCUT2D eigenvalue weighted by molar-refractivity contribution is -0.143. The highest BCUT2D eigenvalue weighted by Gasteiger charge is 2.49. The van der Waals surface area contributed by atoms with Crippen molar-refractivity contribution < 1.29 is 19.4 Å². The van der Waals surface area contributed by atoms with Gasteiger partial charge in [-0.15, -0.1) is 0 Å². The summed E-state index contributed by atoms with van der Waals surface area (Å²) in [5, 5.41) is 12.0. The number of carboxylic acid groups (broad SMARTS) is 1. The summed E-state index contributed by atoms with van der Waals surface area (Å²) in [4.78, 5) is 23.2. The number of carbonyl (C=O) groups is 2. The van der Waals surface area contributed by atoms with E-state index in [-0.39, 0.29) is 24.5 Å². The highest BCUT2D eigenvalue weighted by atomic mass is 16.5. The van der Waals surface area contributed by atoms with Gasteiger partial charge in [-0.1, -0.05) is 42.5 Å². The molecule has 0 saturated heterocycles. The first-order chi connectivity index (χ1) is 10.1. The van der Waals surface area contributed by atoms with Gasteiger partial charge >= 0.3 is 12.1 Å². The molecule has 0 aliphatic heterocycles. The van der Waals surface area contributed by atoms with E-state index < -0.39 is 18.0 Å². The van der Waals surface area contributed by atoms with E-state index in [4.69, 9.17) is 4.74 Å². The van der Waals surface area contributed by atoms with Crippen molar-refractivity contribution in [2.45, 2.75) is 19.1 Å². The Morgan fingerprint density at radius 1 is 1.19 bits per heavy atom. The van der Waals surface area contributed by atoms with Crippen LogP contribution in [0.15, 0.2) is 42.5 Å². The van der Waals surface area contributed by atoms with Crippen LogP contribution in [0.2, 0.25) is 0 Å². The summed E-state index contributed by atoms with van der Waals surface area (Å²) in [6.07, 6.45) is 4.17. The lowest BCUT2D eigenvalue weighted by Crippen LogP contribution is -2.45. The molecular weight excluding hydrogens is 270 g/mol. The van der Waals surface area contributed by atoms with Crippen LogP contribution in [0.1, 0.15) is 12.0 Å². The van der Waals surface area contributed by atoms with Gasteiger partial charge in [0.1, 0.15) is 6.61 Å². The van der Waals surface area contributed by atoms with E-state index in [9.17, 15) is 14.7 Å². The molecule has 1 amide bonds. The molecule has 0 radical (unpaired) electrons. The number of hydrogen-bond acceptors (Lipinski definition) is 3. The number of alkyl carbamates (subject to hydrolysis) is 1. The van der Waals surface area contributed by atoms with Gasteiger partial charge in [-0.05, 0) is 23.8 Å². The number of ether oxygens (including phenoxy) is 1. The Kier molecular flexibility index (Phi) is 3.64. The minimum absolute atomic E-state index is 0.0203. The smallest absolute Gasteiger partial charge is 0.407 e. The van der Waals surface area contributed by atoms with Crippen molar-refractivity contribution in [2.75, 3.05) is 0 Å². The molecule has 1 aromatic carbocycles. The number of benzene rings is 1. The Hall–Kier alpha value is -2.30. The molecule has 2 N–H and O–H groups in total. The second-order valence-corrected chi connectivity index (χ2v) is 5.54. The lowest BCUT2D eigenvalue weighted by Gasteiger charge is -2.25. The van der Waals surface area contributed by atoms with E-state index in [1.807, 2.05) is 42.5 Å². The fraction of sp³-hybridized carbons (Fsp3) is 0.375. The largest absolute Gasteiger partial charge is 0.481 e. The molecule has 5 heteroatoms. The SMILES string of the molecule is O=C(N[C@@H]1[C@@H](C(=O)O)[C@H]2C=C[C@H]1C2)OCc1ccccc1. The first kappa shape index (κ1) is 13.7. The Morgan fingerprint density at radius 2 is 1.90 bits per heavy atom. The molecule has 21 heavy (non-hydrogen) atoms. The average Bonchev–Trinajstić information content (AvgIpc) is 3.07. The molecule has 0 spiro atoms. The number of rotatable bonds is 4. The number of nitrogens with one attached hydrogen (secondary N) is 1. The molecule has 2 aliphatic rings. The number of allylic oxidation sites excluding steroid dienone is 1. The summed E-state index contributed by atoms with van der Waals surface area (Å²) in [6, 6.07) is 9.00. The van der Waals surface area contributed by atoms with Gasteiger partial charge in [0, 0.05) is 0 Å². The Morgan fingerprint density at radius 3 is 2.62 bits per heavy atom. The number of carbonyl (C=O) groups excluding carboxylic acids is 1. The molecule has 3 rings (SSSR count). The quantitative estimate of drug-likeness (QED) is 0.832. The molecule has 2 bridgehead atoms. The van der Waals surface area contributed by atoms with Gasteiger partial charge in [-0.3, -0.25) is 4.79 Å². The zero-order valence-electron chi connectivity index (χ0n) is 11.4. The third-order valence-electron chi connectivity index (χ3n) is 4.24. The maximum atomic E-state index is 11.9. The van der Waals surface area contributed by atoms with E-state index in [1.54, 1.807) is 0 Å². The Bertz CT molecular complexity index is 569. The molecule has 0 aromatic heterocycles. The second kappa shape index (κ2) is 5.60. The third-order valence-corrected chi connectivity index (χ3v) is 4.24. The molecular formula is C16H17NO4. The maximum Gasteiger partial charge on any atom is 0.407 e. The minimum Gasteiger partial charge on any atom is -0.481 e. The van der Waals surface area contributed by atoms with Gasteiger partial charge in [-0.25, -0.2) is 4.79 Å². The van der Waals surface area contributed by atoms with E-state index in [2.05, 4.69) is 5.32 Å². The summed E-state index contributed by atoms with van der Waals surface area (Å²) in [6.45, 7) is 0.182. The molecule has 5 nitrogen and oxygen atoms in total. The second-order valence-electron chi connectivity index (χ2n) is 5.54. The van der Waals surface area contributed by atoms with Gasteiger partial charge in [-0.2, -0.15) is 0 Å². The fourth-order valence-electron chi connectivity index (χ4n) is 3.26. The predicted octanol–water partition coefficient (Wildman–Crippen LogP) is 2.19. The third kappa shape index (κ3) is 2.77. The summed E-state index contributed by atoms with van der Waals surface area (Å²) in [7, 11) is 0. The summed E-state index contributed by atoms with van der Waals surface area (Å²) >= 11 is 0. The van der Waals surface area contributed by atoms with Gasteiger partial charge < -0.3 is 15.2 Å². The molecule has 4 atom stereocenters. The molecule has 2 aliphatic carbocycles. The Labute approximate surface area is 122 Å². The maximum absolute atomic E-state index is 11.9. The average molecular weight is 287 g/mol. The lowest BCUT2D eigenvalue weighted by atomic mass is 9.89. The first-order valence-corrected chi connectivity index (χ1v) is 7.03. The van der Waals surface area contributed by atoms with Gasteiger partial charge in [0.15, 0.2) is 0 Å². The van der Waals surface area contributed by atoms with Crippen LogP contribution >= 0.6 is 0 Å². The van der Waals surface area contributed by atoms with Crippen LogP contribution in [0, 0.1) is 17.8 Å². The molecule has 0 unspecified atom stereocenters. The van der Waals surface area contributed by atoms with Crippen LogP contribution < -0.4 is 5.32 Å². The molecule has 1 aromatic rings. The van der Waals surface area contributed by atoms with E-state index in [0.29, 0.717) is 0 Å². The van der Waals surface area contributed by atoms with E-state index >= 15 is 0 Å². The number of carboxylic acids is 1. The topological polar surface area (TPSA) is 75.6 Å². The van der Waals surface area contributed by atoms with Crippen molar-refractivity contribution in [1.29, 1.82) is 0 Å². The van der Waals surface area contributed by atoms with Crippen molar-refractivity contribution in [2.24, 2.45) is 17.8 Å². The van der Waals surface area contributed by atoms with Crippen LogP contribution in [0.25, 0.3) is 0 Å². The normalized spacial score (nSPS) is 29.3. The van der Waals surface area contributed by atoms with Gasteiger partial charge in [0.05, 0.1) is 12.0 Å². The molecule has 110 valence electrons. The zero-order valence-corrected chi connectivity index (χ0v) is 11.4. The van der Waals surface area contributed by atoms with Crippen LogP contribution in [0.5, 0.6) is 0 Å². The monoisotopic (exact) mass is 287 g/mol. The molecule has 0 heterocycles. The van der Waals surface area contributed by atoms with Crippen LogP contribution in [-0.4, -0.2) is 23.2 Å². The van der Waals surface area contributed by atoms with Crippen LogP contribution in [-0.2, 0) is 16.1 Å². The Balaban J connectivity index is 1.57. The van der Waals surface area contributed by atoms with Crippen molar-refractivity contribution in [1.82, 2.24) is 5.32 Å². The predicted molar refractivity (Wildman–Crippen MR) is 75.4 cm³/mol. The first-order valence-electron chi connectivity index (χ1n) is 7.03. The summed E-state index contributed by atoms with van der Waals surface area (Å²) in [5.74, 6) is -1.29. The number of aliphatic carboxylic acids is 1. The highest BCUT2D eigenvalue weighted by Crippen LogP contribution is 2.43. The number of hydrogen-bond donors (Lipinski definition) is 2. The minimum atomic E-state index is -0.861. The summed E-state index contributed by atoms with van der Waals surface area (Å²) < 4.78 is 5.16. The van der Waals surface area contributed by atoms with Gasteiger partial charge in [0.2, 0.25) is 0 Å². The molecule has 1 saturated carbocycles. The van der Waals surface area contributed by atoms with Crippen LogP contribution in [0.3, 0.4) is 0 Å². The van der Waals surface area contributed by atoms with Gasteiger partial charge in [0.25, 0.3) is 0 Å². The van der Waals surface area contributed by atoms with Crippen molar-refractivity contribution in [3.05, 3.63) is 48.0 Å². The summed E-state index contributed by atoms with van der Waals surface area (Å²) in [5.41, 5.74) is 0.898. The van der Waals surface area contributed by atoms with E-state index in [1.165, 1.54) is 0 Å². The molecule has 1 fully saturated rings. The highest BCUT2D eigenvalue weighted by molar-refractivity contribution is 5.75. The fourth-order valence-corrected chi connectivity index (χ4v) is 3.26. The van der Waals surface area contributed by atoms with E-state index in [0.717, 1.165) is 12.0 Å². The number of amides is 1.